The first kappa shape index (κ1) is 17.1. The van der Waals surface area contributed by atoms with Gasteiger partial charge in [-0.3, -0.25) is 4.79 Å². The lowest BCUT2D eigenvalue weighted by molar-refractivity contribution is 0.0951. The van der Waals surface area contributed by atoms with Gasteiger partial charge in [-0.05, 0) is 42.0 Å². The fourth-order valence-electron chi connectivity index (χ4n) is 2.86. The van der Waals surface area contributed by atoms with Crippen LogP contribution in [0.1, 0.15) is 15.9 Å². The largest absolute Gasteiger partial charge is 0.348 e. The van der Waals surface area contributed by atoms with Crippen molar-refractivity contribution in [1.29, 1.82) is 0 Å². The fraction of sp³-hybridized carbons (Fsp3) is 0.0476. The Morgan fingerprint density at radius 1 is 0.963 bits per heavy atom. The van der Waals surface area contributed by atoms with Gasteiger partial charge >= 0.3 is 0 Å². The first-order chi connectivity index (χ1) is 13.2. The van der Waals surface area contributed by atoms with Gasteiger partial charge in [0.1, 0.15) is 5.56 Å². The molecule has 1 amide bonds. The van der Waals surface area contributed by atoms with Crippen LogP contribution in [-0.4, -0.2) is 20.3 Å². The molecule has 0 atom stereocenters. The van der Waals surface area contributed by atoms with Crippen molar-refractivity contribution in [1.82, 2.24) is 19.7 Å². The van der Waals surface area contributed by atoms with E-state index in [1.807, 2.05) is 83.7 Å². The molecule has 1 N–H and O–H groups in total. The molecule has 0 saturated heterocycles. The van der Waals surface area contributed by atoms with Gasteiger partial charge in [0, 0.05) is 24.0 Å². The molecule has 134 valence electrons. The second-order valence-corrected chi connectivity index (χ2v) is 6.47. The second kappa shape index (κ2) is 7.51. The van der Waals surface area contributed by atoms with E-state index in [1.54, 1.807) is 10.9 Å². The van der Waals surface area contributed by atoms with Crippen LogP contribution in [0.15, 0.2) is 85.3 Å². The Morgan fingerprint density at radius 2 is 1.67 bits per heavy atom. The Morgan fingerprint density at radius 3 is 2.37 bits per heavy atom. The molecule has 0 saturated carbocycles. The van der Waals surface area contributed by atoms with Gasteiger partial charge in [0.15, 0.2) is 5.82 Å². The van der Waals surface area contributed by atoms with Gasteiger partial charge in [-0.2, -0.15) is 5.10 Å². The predicted molar refractivity (Wildman–Crippen MR) is 106 cm³/mol. The lowest BCUT2D eigenvalue weighted by atomic mass is 10.2. The van der Waals surface area contributed by atoms with Crippen molar-refractivity contribution in [2.75, 3.05) is 0 Å². The molecule has 5 nitrogen and oxygen atoms in total. The van der Waals surface area contributed by atoms with Crippen molar-refractivity contribution in [3.8, 4) is 11.5 Å². The molecule has 0 unspecified atom stereocenters. The topological polar surface area (TPSA) is 51.9 Å². The van der Waals surface area contributed by atoms with Gasteiger partial charge in [-0.1, -0.05) is 41.9 Å². The normalized spacial score (nSPS) is 10.7. The Bertz CT molecular complexity index is 1040. The zero-order valence-corrected chi connectivity index (χ0v) is 15.2. The standard InChI is InChI=1S/C21H17ClN4O/c22-17-10-8-16(9-11-17)14-23-20(27)19-15-24-26(18-6-2-1-3-7-18)21(19)25-12-4-5-13-25/h1-13,15H,14H2,(H,23,27). The van der Waals surface area contributed by atoms with Crippen LogP contribution < -0.4 is 5.32 Å². The first-order valence-electron chi connectivity index (χ1n) is 8.52. The van der Waals surface area contributed by atoms with Crippen LogP contribution in [-0.2, 0) is 6.54 Å². The number of nitrogens with zero attached hydrogens (tertiary/aromatic N) is 3. The summed E-state index contributed by atoms with van der Waals surface area (Å²) in [6.07, 6.45) is 5.39. The molecule has 0 fully saturated rings. The summed E-state index contributed by atoms with van der Waals surface area (Å²) in [6.45, 7) is 0.414. The monoisotopic (exact) mass is 376 g/mol. The molecule has 0 aliphatic carbocycles. The fourth-order valence-corrected chi connectivity index (χ4v) is 2.99. The molecule has 27 heavy (non-hydrogen) atoms. The predicted octanol–water partition coefficient (Wildman–Crippen LogP) is 4.25. The van der Waals surface area contributed by atoms with Crippen LogP contribution in [0.5, 0.6) is 0 Å². The number of amides is 1. The van der Waals surface area contributed by atoms with Crippen molar-refractivity contribution in [3.05, 3.63) is 101 Å². The van der Waals surface area contributed by atoms with Crippen molar-refractivity contribution >= 4 is 17.5 Å². The summed E-state index contributed by atoms with van der Waals surface area (Å²) in [7, 11) is 0. The molecule has 0 spiro atoms. The summed E-state index contributed by atoms with van der Waals surface area (Å²) in [5.41, 5.74) is 2.37. The van der Waals surface area contributed by atoms with E-state index in [0.29, 0.717) is 22.9 Å². The van der Waals surface area contributed by atoms with Crippen molar-refractivity contribution in [2.45, 2.75) is 6.54 Å². The summed E-state index contributed by atoms with van der Waals surface area (Å²) >= 11 is 5.91. The molecule has 0 radical (unpaired) electrons. The van der Waals surface area contributed by atoms with Gasteiger partial charge in [0.2, 0.25) is 0 Å². The van der Waals surface area contributed by atoms with Crippen LogP contribution in [0.3, 0.4) is 0 Å². The zero-order valence-electron chi connectivity index (χ0n) is 14.4. The molecule has 6 heteroatoms. The second-order valence-electron chi connectivity index (χ2n) is 6.03. The number of benzene rings is 2. The Kier molecular flexibility index (Phi) is 4.77. The number of hydrogen-bond acceptors (Lipinski definition) is 2. The van der Waals surface area contributed by atoms with Crippen LogP contribution in [0.25, 0.3) is 11.5 Å². The minimum Gasteiger partial charge on any atom is -0.348 e. The third-order valence-electron chi connectivity index (χ3n) is 4.20. The number of carbonyl (C=O) groups excluding carboxylic acids is 1. The van der Waals surface area contributed by atoms with Gasteiger partial charge < -0.3 is 9.88 Å². The van der Waals surface area contributed by atoms with Gasteiger partial charge in [0.05, 0.1) is 11.9 Å². The molecule has 0 bridgehead atoms. The molecular weight excluding hydrogens is 360 g/mol. The quantitative estimate of drug-likeness (QED) is 0.566. The highest BCUT2D eigenvalue weighted by Gasteiger charge is 2.19. The van der Waals surface area contributed by atoms with E-state index in [4.69, 9.17) is 11.6 Å². The number of halogens is 1. The van der Waals surface area contributed by atoms with E-state index < -0.39 is 0 Å². The van der Waals surface area contributed by atoms with Crippen molar-refractivity contribution in [2.24, 2.45) is 0 Å². The maximum Gasteiger partial charge on any atom is 0.256 e. The lowest BCUT2D eigenvalue weighted by Gasteiger charge is -2.11. The highest BCUT2D eigenvalue weighted by Crippen LogP contribution is 2.20. The maximum absolute atomic E-state index is 12.8. The highest BCUT2D eigenvalue weighted by atomic mass is 35.5. The molecule has 0 aliphatic rings. The summed E-state index contributed by atoms with van der Waals surface area (Å²) in [4.78, 5) is 12.8. The lowest BCUT2D eigenvalue weighted by Crippen LogP contribution is -2.24. The van der Waals surface area contributed by atoms with Crippen molar-refractivity contribution < 1.29 is 4.79 Å². The van der Waals surface area contributed by atoms with E-state index in [1.165, 1.54) is 0 Å². The van der Waals surface area contributed by atoms with E-state index in [-0.39, 0.29) is 5.91 Å². The smallest absolute Gasteiger partial charge is 0.256 e. The third-order valence-corrected chi connectivity index (χ3v) is 4.46. The van der Waals surface area contributed by atoms with Gasteiger partial charge in [0.25, 0.3) is 5.91 Å². The van der Waals surface area contributed by atoms with Crippen LogP contribution in [0.2, 0.25) is 5.02 Å². The highest BCUT2D eigenvalue weighted by molar-refractivity contribution is 6.30. The number of para-hydroxylation sites is 1. The number of aromatic nitrogens is 3. The average molecular weight is 377 g/mol. The Hall–Kier alpha value is -3.31. The number of hydrogen-bond donors (Lipinski definition) is 1. The SMILES string of the molecule is O=C(NCc1ccc(Cl)cc1)c1cnn(-c2ccccc2)c1-n1cccc1. The average Bonchev–Trinajstić information content (AvgIpc) is 3.37. The van der Waals surface area contributed by atoms with Crippen LogP contribution >= 0.6 is 11.6 Å². The molecule has 0 aliphatic heterocycles. The van der Waals surface area contributed by atoms with Crippen LogP contribution in [0.4, 0.5) is 0 Å². The molecule has 2 aromatic heterocycles. The van der Waals surface area contributed by atoms with Crippen LogP contribution in [0, 0.1) is 0 Å². The first-order valence-corrected chi connectivity index (χ1v) is 8.89. The van der Waals surface area contributed by atoms with Gasteiger partial charge in [-0.25, -0.2) is 4.68 Å². The van der Waals surface area contributed by atoms with E-state index in [9.17, 15) is 4.79 Å². The molecule has 4 rings (SSSR count). The maximum atomic E-state index is 12.8. The number of nitrogens with one attached hydrogen (secondary N) is 1. The number of carbonyl (C=O) groups is 1. The van der Waals surface area contributed by atoms with Crippen molar-refractivity contribution in [3.63, 3.8) is 0 Å². The molecule has 2 aromatic carbocycles. The third kappa shape index (κ3) is 3.64. The zero-order chi connectivity index (χ0) is 18.6. The summed E-state index contributed by atoms with van der Waals surface area (Å²) < 4.78 is 3.65. The van der Waals surface area contributed by atoms with E-state index in [0.717, 1.165) is 11.3 Å². The Labute approximate surface area is 161 Å². The minimum atomic E-state index is -0.184. The molecule has 4 aromatic rings. The minimum absolute atomic E-state index is 0.184. The molecular formula is C21H17ClN4O. The Balaban J connectivity index is 1.65. The summed E-state index contributed by atoms with van der Waals surface area (Å²) in [5, 5.41) is 8.07. The van der Waals surface area contributed by atoms with Gasteiger partial charge in [-0.15, -0.1) is 0 Å². The van der Waals surface area contributed by atoms with E-state index >= 15 is 0 Å². The number of rotatable bonds is 5. The summed E-state index contributed by atoms with van der Waals surface area (Å²) in [5.74, 6) is 0.510. The molecule has 2 heterocycles. The summed E-state index contributed by atoms with van der Waals surface area (Å²) in [6, 6.07) is 21.0. The van der Waals surface area contributed by atoms with E-state index in [2.05, 4.69) is 10.4 Å².